The number of aliphatic hydroxyl groups is 32. The Morgan fingerprint density at radius 1 is 0.333 bits per heavy atom. The number of rotatable bonds is 17. The van der Waals surface area contributed by atoms with Crippen LogP contribution in [0, 0.1) is 0 Å². The van der Waals surface area contributed by atoms with Gasteiger partial charge >= 0.3 is 23.5 Å². The first kappa shape index (κ1) is 54.7. The molecule has 10 atom stereocenters. The summed E-state index contributed by atoms with van der Waals surface area (Å²) in [6.07, 6.45) is -23.4. The van der Waals surface area contributed by atoms with Crippen LogP contribution in [0.2, 0.25) is 0 Å². The molecule has 2 fully saturated rings. The minimum Gasteiger partial charge on any atom is -0.394 e. The Labute approximate surface area is 327 Å². The second kappa shape index (κ2) is 16.2. The maximum absolute atomic E-state index is 10.6. The molecule has 358 valence electrons. The van der Waals surface area contributed by atoms with Crippen LogP contribution in [0.15, 0.2) is 0 Å². The Hall–Kier alpha value is -1.44. The van der Waals surface area contributed by atoms with E-state index in [1.54, 1.807) is 0 Å². The van der Waals surface area contributed by atoms with Crippen LogP contribution in [-0.2, 0) is 18.9 Å². The first-order valence-electron chi connectivity index (χ1n) is 15.6. The normalized spacial score (nSPS) is 30.8. The molecule has 0 aliphatic carbocycles. The zero-order chi connectivity index (χ0) is 48.0. The summed E-state index contributed by atoms with van der Waals surface area (Å²) < 4.78 is 19.1. The van der Waals surface area contributed by atoms with Gasteiger partial charge in [0.1, 0.15) is 48.8 Å². The molecule has 2 saturated heterocycles. The largest absolute Gasteiger partial charge is 0.394 e. The summed E-state index contributed by atoms with van der Waals surface area (Å²) in [5, 5.41) is 319. The highest BCUT2D eigenvalue weighted by molar-refractivity contribution is 5.16. The molecule has 4 unspecified atom stereocenters. The maximum atomic E-state index is 10.6. The molecule has 0 spiro atoms. The second-order valence-electron chi connectivity index (χ2n) is 13.6. The average molecular weight is 911 g/mol. The summed E-state index contributed by atoms with van der Waals surface area (Å²) in [6, 6.07) is 0. The third-order valence-corrected chi connectivity index (χ3v) is 9.54. The number of hydrogen-bond acceptors (Lipinski definition) is 36. The van der Waals surface area contributed by atoms with Gasteiger partial charge in [0.15, 0.2) is 12.6 Å². The molecule has 0 radical (unpaired) electrons. The Morgan fingerprint density at radius 2 is 0.633 bits per heavy atom. The fourth-order valence-electron chi connectivity index (χ4n) is 5.30. The van der Waals surface area contributed by atoms with Crippen molar-refractivity contribution in [3.8, 4) is 0 Å². The molecule has 2 heterocycles. The predicted octanol–water partition coefficient (Wildman–Crippen LogP) is -21.3. The Kier molecular flexibility index (Phi) is 14.8. The maximum Gasteiger partial charge on any atom is 0.343 e. The van der Waals surface area contributed by atoms with Crippen molar-refractivity contribution in [1.29, 1.82) is 0 Å². The van der Waals surface area contributed by atoms with Crippen LogP contribution < -0.4 is 0 Å². The Morgan fingerprint density at radius 3 is 0.967 bits per heavy atom. The summed E-state index contributed by atoms with van der Waals surface area (Å²) >= 11 is 0. The van der Waals surface area contributed by atoms with Gasteiger partial charge in [-0.1, -0.05) is 0 Å². The summed E-state index contributed by atoms with van der Waals surface area (Å²) in [5.74, 6) is -74.7. The van der Waals surface area contributed by atoms with E-state index in [0.717, 1.165) is 0 Å². The monoisotopic (exact) mass is 910 g/mol. The van der Waals surface area contributed by atoms with Gasteiger partial charge in [-0.15, -0.1) is 0 Å². The summed E-state index contributed by atoms with van der Waals surface area (Å²) in [7, 11) is 0. The van der Waals surface area contributed by atoms with Gasteiger partial charge in [-0.3, -0.25) is 4.74 Å². The molecular weight excluding hydrogens is 864 g/mol. The summed E-state index contributed by atoms with van der Waals surface area (Å²) in [6.45, 7) is -2.49. The van der Waals surface area contributed by atoms with Gasteiger partial charge in [-0.05, 0) is 0 Å². The summed E-state index contributed by atoms with van der Waals surface area (Å²) in [4.78, 5) is 0. The number of aliphatic hydroxyl groups excluding tert-OH is 7. The molecule has 2 aliphatic rings. The van der Waals surface area contributed by atoms with Gasteiger partial charge in [0.05, 0.1) is 13.2 Å². The number of hydrogen-bond donors (Lipinski definition) is 32. The second-order valence-corrected chi connectivity index (χ2v) is 13.6. The lowest BCUT2D eigenvalue weighted by molar-refractivity contribution is -0.622. The Bertz CT molecular complexity index is 1460. The predicted molar refractivity (Wildman–Crippen MR) is 156 cm³/mol. The fourth-order valence-corrected chi connectivity index (χ4v) is 5.30. The van der Waals surface area contributed by atoms with Crippen LogP contribution in [0.3, 0.4) is 0 Å². The van der Waals surface area contributed by atoms with Gasteiger partial charge in [-0.25, -0.2) is 0 Å². The van der Waals surface area contributed by atoms with E-state index in [1.165, 1.54) is 0 Å². The molecule has 0 aromatic rings. The van der Waals surface area contributed by atoms with Crippen molar-refractivity contribution in [3.05, 3.63) is 0 Å². The summed E-state index contributed by atoms with van der Waals surface area (Å²) in [5.41, 5.74) is 0. The van der Waals surface area contributed by atoms with Crippen molar-refractivity contribution in [2.24, 2.45) is 0 Å². The fraction of sp³-hybridized carbons (Fsp3) is 1.00. The SMILES string of the molecule is OCC1O[C@H](O[C@@H]2C(CO)O[C@@H](OC(O)(O)C(O)(O)C(O)(O)C(O)(O)C(O)(O)C(O)(O)C(O)(O)C(O)(O)C(O)(O)C(O)(O)C(O)(O)C(O)(O)O)C(O)[C@H]2O)C(O)[C@@H](O)[C@@H]1O. The molecular formula is C24H46O36. The molecule has 0 amide bonds. The topological polar surface area (TPSA) is 684 Å². The third kappa shape index (κ3) is 7.70. The molecule has 36 heteroatoms. The van der Waals surface area contributed by atoms with Gasteiger partial charge in [0, 0.05) is 0 Å². The van der Waals surface area contributed by atoms with Crippen molar-refractivity contribution in [2.75, 3.05) is 13.2 Å². The molecule has 0 aromatic heterocycles. The lowest BCUT2D eigenvalue weighted by Crippen LogP contribution is -2.92. The molecule has 0 saturated carbocycles. The minimum atomic E-state index is -6.62. The van der Waals surface area contributed by atoms with E-state index in [1.807, 2.05) is 0 Å². The van der Waals surface area contributed by atoms with Crippen LogP contribution in [-0.4, -0.2) is 308 Å². The first-order valence-corrected chi connectivity index (χ1v) is 15.6. The smallest absolute Gasteiger partial charge is 0.343 e. The van der Waals surface area contributed by atoms with Crippen molar-refractivity contribution < 1.29 is 182 Å². The van der Waals surface area contributed by atoms with Crippen molar-refractivity contribution in [1.82, 2.24) is 0 Å². The van der Waals surface area contributed by atoms with E-state index in [0.29, 0.717) is 0 Å². The standard InChI is InChI=1S/C24H46O36/c25-1-3-5(27)6(28)8(30)11(57-3)59-10-4(2-26)58-12(9(31)7(10)29)60-24(55,56)22(50,51)20(46,47)18(42,43)16(38,39)14(34,35)13(32,33)15(36,37)17(40,41)19(44,45)21(48,49)23(52,53)54/h3-12,25-56H,1-2H2/t3?,4?,5-,6+,7-,8?,9?,10-,11-,12+/m1/s1. The van der Waals surface area contributed by atoms with E-state index in [4.69, 9.17) is 29.5 Å². The zero-order valence-corrected chi connectivity index (χ0v) is 29.1. The van der Waals surface area contributed by atoms with Crippen LogP contribution in [0.25, 0.3) is 0 Å². The zero-order valence-electron chi connectivity index (χ0n) is 29.1. The first-order chi connectivity index (χ1) is 26.2. The van der Waals surface area contributed by atoms with E-state index in [-0.39, 0.29) is 0 Å². The highest BCUT2D eigenvalue weighted by atomic mass is 16.9. The Balaban J connectivity index is 2.55. The molecule has 32 N–H and O–H groups in total. The van der Waals surface area contributed by atoms with Gasteiger partial charge in [0.2, 0.25) is 0 Å². The lowest BCUT2D eigenvalue weighted by atomic mass is 9.75. The van der Waals surface area contributed by atoms with Crippen LogP contribution in [0.4, 0.5) is 0 Å². The highest BCUT2D eigenvalue weighted by Gasteiger charge is 2.89. The third-order valence-electron chi connectivity index (χ3n) is 9.54. The van der Waals surface area contributed by atoms with E-state index in [2.05, 4.69) is 4.74 Å². The molecule has 60 heavy (non-hydrogen) atoms. The van der Waals surface area contributed by atoms with E-state index < -0.39 is 144 Å². The van der Waals surface area contributed by atoms with E-state index >= 15 is 0 Å². The van der Waals surface area contributed by atoms with Crippen LogP contribution >= 0.6 is 0 Å². The molecule has 0 aromatic carbocycles. The van der Waals surface area contributed by atoms with Gasteiger partial charge < -0.3 is 178 Å². The van der Waals surface area contributed by atoms with Crippen LogP contribution in [0.5, 0.6) is 0 Å². The van der Waals surface area contributed by atoms with Crippen molar-refractivity contribution >= 4 is 0 Å². The quantitative estimate of drug-likeness (QED) is 0.0603. The van der Waals surface area contributed by atoms with Crippen molar-refractivity contribution in [2.45, 2.75) is 131 Å². The van der Waals surface area contributed by atoms with Crippen LogP contribution in [0.1, 0.15) is 0 Å². The average Bonchev–Trinajstić information content (AvgIpc) is 3.09. The lowest BCUT2D eigenvalue weighted by Gasteiger charge is -2.57. The highest BCUT2D eigenvalue weighted by Crippen LogP contribution is 2.50. The molecule has 2 aliphatic heterocycles. The minimum absolute atomic E-state index is 1.04. The van der Waals surface area contributed by atoms with Gasteiger partial charge in [-0.2, -0.15) is 0 Å². The molecule has 36 nitrogen and oxygen atoms in total. The van der Waals surface area contributed by atoms with E-state index in [9.17, 15) is 148 Å². The molecule has 0 bridgehead atoms. The van der Waals surface area contributed by atoms with Crippen molar-refractivity contribution in [3.63, 3.8) is 0 Å². The number of ether oxygens (including phenoxy) is 4. The molecule has 2 rings (SSSR count). The van der Waals surface area contributed by atoms with Gasteiger partial charge in [0.25, 0.3) is 46.3 Å².